The first-order chi connectivity index (χ1) is 12.5. The van der Waals surface area contributed by atoms with Crippen LogP contribution in [0.4, 0.5) is 4.39 Å². The summed E-state index contributed by atoms with van der Waals surface area (Å²) in [5, 5.41) is 6.38. The highest BCUT2D eigenvalue weighted by Gasteiger charge is 2.16. The van der Waals surface area contributed by atoms with Crippen molar-refractivity contribution in [2.75, 3.05) is 13.6 Å². The van der Waals surface area contributed by atoms with Gasteiger partial charge in [-0.3, -0.25) is 9.79 Å². The van der Waals surface area contributed by atoms with E-state index in [9.17, 15) is 9.18 Å². The second-order valence-electron chi connectivity index (χ2n) is 5.96. The van der Waals surface area contributed by atoms with Gasteiger partial charge in [-0.25, -0.2) is 4.39 Å². The molecule has 0 saturated carbocycles. The molecule has 1 unspecified atom stereocenters. The van der Waals surface area contributed by atoms with Gasteiger partial charge in [-0.15, -0.1) is 11.3 Å². The molecule has 26 heavy (non-hydrogen) atoms. The number of halogens is 1. The molecule has 0 bridgehead atoms. The molecule has 2 rings (SSSR count). The van der Waals surface area contributed by atoms with E-state index in [1.165, 1.54) is 21.9 Å². The largest absolute Gasteiger partial charge is 0.369 e. The summed E-state index contributed by atoms with van der Waals surface area (Å²) >= 11 is 1.77. The Morgan fingerprint density at radius 2 is 1.88 bits per heavy atom. The van der Waals surface area contributed by atoms with Gasteiger partial charge in [-0.1, -0.05) is 19.1 Å². The van der Waals surface area contributed by atoms with Gasteiger partial charge in [0.05, 0.1) is 12.5 Å². The average Bonchev–Trinajstić information content (AvgIpc) is 3.10. The van der Waals surface area contributed by atoms with Crippen LogP contribution in [0.15, 0.2) is 41.4 Å². The number of nitrogens with two attached hydrogens (primary N) is 1. The summed E-state index contributed by atoms with van der Waals surface area (Å²) in [6.07, 6.45) is 1.48. The molecule has 1 heterocycles. The number of rotatable bonds is 8. The van der Waals surface area contributed by atoms with E-state index in [4.69, 9.17) is 5.73 Å². The van der Waals surface area contributed by atoms with E-state index in [0.29, 0.717) is 25.5 Å². The first kappa shape index (κ1) is 19.9. The van der Waals surface area contributed by atoms with Crippen LogP contribution >= 0.6 is 11.3 Å². The van der Waals surface area contributed by atoms with Crippen molar-refractivity contribution in [2.24, 2.45) is 16.6 Å². The molecule has 0 aliphatic rings. The number of aryl methyl sites for hydroxylation is 1. The number of carbonyl (C=O) groups is 1. The van der Waals surface area contributed by atoms with Crippen molar-refractivity contribution in [1.82, 2.24) is 10.6 Å². The number of carbonyl (C=O) groups excluding carboxylic acids is 1. The van der Waals surface area contributed by atoms with E-state index in [1.54, 1.807) is 30.5 Å². The van der Waals surface area contributed by atoms with Gasteiger partial charge in [0, 0.05) is 23.3 Å². The van der Waals surface area contributed by atoms with Crippen LogP contribution in [0.25, 0.3) is 0 Å². The minimum absolute atomic E-state index is 0.299. The van der Waals surface area contributed by atoms with Crippen molar-refractivity contribution in [3.63, 3.8) is 0 Å². The molecule has 5 nitrogen and oxygen atoms in total. The number of hydrogen-bond donors (Lipinski definition) is 3. The molecule has 0 radical (unpaired) electrons. The van der Waals surface area contributed by atoms with Gasteiger partial charge in [0.15, 0.2) is 5.96 Å². The zero-order chi connectivity index (χ0) is 18.9. The first-order valence-electron chi connectivity index (χ1n) is 8.57. The fourth-order valence-electron chi connectivity index (χ4n) is 2.50. The van der Waals surface area contributed by atoms with Gasteiger partial charge in [-0.05, 0) is 42.7 Å². The fourth-order valence-corrected chi connectivity index (χ4v) is 3.39. The second-order valence-corrected chi connectivity index (χ2v) is 7.21. The van der Waals surface area contributed by atoms with Gasteiger partial charge < -0.3 is 16.4 Å². The third kappa shape index (κ3) is 6.15. The summed E-state index contributed by atoms with van der Waals surface area (Å²) in [5.74, 6) is -0.496. The van der Waals surface area contributed by atoms with Crippen molar-refractivity contribution in [2.45, 2.75) is 26.3 Å². The molecule has 4 N–H and O–H groups in total. The minimum atomic E-state index is -0.410. The Morgan fingerprint density at radius 3 is 2.46 bits per heavy atom. The molecule has 7 heteroatoms. The molecule has 140 valence electrons. The average molecular weight is 377 g/mol. The highest BCUT2D eigenvalue weighted by atomic mass is 32.1. The number of aliphatic imine (C=N–C) groups is 1. The summed E-state index contributed by atoms with van der Waals surface area (Å²) in [6, 6.07) is 10.3. The predicted octanol–water partition coefficient (Wildman–Crippen LogP) is 2.46. The number of primary amides is 1. The van der Waals surface area contributed by atoms with Crippen molar-refractivity contribution in [1.29, 1.82) is 0 Å². The predicted molar refractivity (Wildman–Crippen MR) is 105 cm³/mol. The molecular formula is C19H25FN4OS. The van der Waals surface area contributed by atoms with Gasteiger partial charge in [0.25, 0.3) is 0 Å². The normalized spacial score (nSPS) is 12.7. The lowest BCUT2D eigenvalue weighted by Gasteiger charge is -2.17. The second kappa shape index (κ2) is 9.91. The van der Waals surface area contributed by atoms with E-state index in [-0.39, 0.29) is 5.82 Å². The number of amides is 1. The van der Waals surface area contributed by atoms with Crippen LogP contribution in [0, 0.1) is 11.7 Å². The van der Waals surface area contributed by atoms with Crippen LogP contribution in [0.1, 0.15) is 22.2 Å². The summed E-state index contributed by atoms with van der Waals surface area (Å²) in [5.41, 5.74) is 6.38. The van der Waals surface area contributed by atoms with Crippen LogP contribution in [-0.4, -0.2) is 25.5 Å². The smallest absolute Gasteiger partial charge is 0.222 e. The van der Waals surface area contributed by atoms with E-state index < -0.39 is 11.8 Å². The lowest BCUT2D eigenvalue weighted by Crippen LogP contribution is -2.42. The molecule has 0 aliphatic carbocycles. The number of thiophene rings is 1. The standard InChI is InChI=1S/C19H25FN4OS/c1-3-16-8-9-17(26-16)12-24-19(22-2)23-11-14(18(21)25)10-13-4-6-15(20)7-5-13/h4-9,14H,3,10-12H2,1-2H3,(H2,21,25)(H2,22,23,24). The molecule has 2 aromatic rings. The van der Waals surface area contributed by atoms with Crippen molar-refractivity contribution >= 4 is 23.2 Å². The van der Waals surface area contributed by atoms with Crippen molar-refractivity contribution < 1.29 is 9.18 Å². The number of nitrogens with zero attached hydrogens (tertiary/aromatic N) is 1. The number of guanidine groups is 1. The highest BCUT2D eigenvalue weighted by molar-refractivity contribution is 7.11. The summed E-state index contributed by atoms with van der Waals surface area (Å²) in [4.78, 5) is 18.5. The molecule has 1 atom stereocenters. The molecular weight excluding hydrogens is 351 g/mol. The maximum atomic E-state index is 13.0. The molecule has 0 fully saturated rings. The Hall–Kier alpha value is -2.41. The number of hydrogen-bond acceptors (Lipinski definition) is 3. The Bertz CT molecular complexity index is 742. The summed E-state index contributed by atoms with van der Waals surface area (Å²) < 4.78 is 13.0. The van der Waals surface area contributed by atoms with Gasteiger partial charge in [0.1, 0.15) is 5.82 Å². The molecule has 1 amide bonds. The Morgan fingerprint density at radius 1 is 1.19 bits per heavy atom. The van der Waals surface area contributed by atoms with Crippen molar-refractivity contribution in [3.05, 3.63) is 57.5 Å². The molecule has 0 spiro atoms. The minimum Gasteiger partial charge on any atom is -0.369 e. The lowest BCUT2D eigenvalue weighted by atomic mass is 9.98. The topological polar surface area (TPSA) is 79.5 Å². The van der Waals surface area contributed by atoms with Gasteiger partial charge in [0.2, 0.25) is 5.91 Å². The zero-order valence-corrected chi connectivity index (χ0v) is 15.9. The van der Waals surface area contributed by atoms with Crippen LogP contribution in [0.5, 0.6) is 0 Å². The van der Waals surface area contributed by atoms with Crippen LogP contribution in [-0.2, 0) is 24.2 Å². The SMILES string of the molecule is CCc1ccc(CNC(=NC)NCC(Cc2ccc(F)cc2)C(N)=O)s1. The molecule has 1 aromatic heterocycles. The fraction of sp³-hybridized carbons (Fsp3) is 0.368. The van der Waals surface area contributed by atoms with E-state index in [2.05, 4.69) is 34.7 Å². The summed E-state index contributed by atoms with van der Waals surface area (Å²) in [6.45, 7) is 3.16. The van der Waals surface area contributed by atoms with E-state index in [1.807, 2.05) is 0 Å². The van der Waals surface area contributed by atoms with Gasteiger partial charge >= 0.3 is 0 Å². The van der Waals surface area contributed by atoms with Crippen LogP contribution < -0.4 is 16.4 Å². The Labute approximate surface area is 157 Å². The molecule has 0 saturated heterocycles. The maximum Gasteiger partial charge on any atom is 0.222 e. The number of nitrogens with one attached hydrogen (secondary N) is 2. The highest BCUT2D eigenvalue weighted by Crippen LogP contribution is 2.16. The van der Waals surface area contributed by atoms with E-state index in [0.717, 1.165) is 12.0 Å². The van der Waals surface area contributed by atoms with Crippen LogP contribution in [0.2, 0.25) is 0 Å². The van der Waals surface area contributed by atoms with Crippen molar-refractivity contribution in [3.8, 4) is 0 Å². The first-order valence-corrected chi connectivity index (χ1v) is 9.39. The molecule has 1 aromatic carbocycles. The lowest BCUT2D eigenvalue weighted by molar-refractivity contribution is -0.121. The Balaban J connectivity index is 1.87. The quantitative estimate of drug-likeness (QED) is 0.489. The summed E-state index contributed by atoms with van der Waals surface area (Å²) in [7, 11) is 1.68. The monoisotopic (exact) mass is 376 g/mol. The Kier molecular flexibility index (Phi) is 7.59. The maximum absolute atomic E-state index is 13.0. The van der Waals surface area contributed by atoms with Gasteiger partial charge in [-0.2, -0.15) is 0 Å². The number of benzene rings is 1. The third-order valence-electron chi connectivity index (χ3n) is 4.03. The molecule has 0 aliphatic heterocycles. The van der Waals surface area contributed by atoms with Crippen LogP contribution in [0.3, 0.4) is 0 Å². The third-order valence-corrected chi connectivity index (χ3v) is 5.26. The zero-order valence-electron chi connectivity index (χ0n) is 15.1. The van der Waals surface area contributed by atoms with E-state index >= 15 is 0 Å².